The van der Waals surface area contributed by atoms with Gasteiger partial charge < -0.3 is 10.2 Å². The Balaban J connectivity index is 1.70. The van der Waals surface area contributed by atoms with E-state index in [2.05, 4.69) is 18.3 Å². The van der Waals surface area contributed by atoms with E-state index in [4.69, 9.17) is 0 Å². The second kappa shape index (κ2) is 8.38. The highest BCUT2D eigenvalue weighted by Crippen LogP contribution is 2.24. The summed E-state index contributed by atoms with van der Waals surface area (Å²) in [5.41, 5.74) is 5.05. The van der Waals surface area contributed by atoms with Gasteiger partial charge in [0.1, 0.15) is 0 Å². The molecule has 0 atom stereocenters. The zero-order valence-corrected chi connectivity index (χ0v) is 16.4. The quantitative estimate of drug-likeness (QED) is 0.853. The number of carbonyl (C=O) groups is 2. The standard InChI is InChI=1S/C23H28N2O2/c1-4-5-17-6-8-19(9-7-17)22(26)24-21-11-10-18-12-13-25(15-20(18)14-21)23(27)16(2)3/h6-11,14,16H,4-5,12-13,15H2,1-3H3,(H,24,26). The number of nitrogens with zero attached hydrogens (tertiary/aromatic N) is 1. The summed E-state index contributed by atoms with van der Waals surface area (Å²) in [4.78, 5) is 26.7. The molecule has 0 bridgehead atoms. The van der Waals surface area contributed by atoms with Crippen LogP contribution in [0.1, 0.15) is 54.2 Å². The van der Waals surface area contributed by atoms with Gasteiger partial charge in [-0.2, -0.15) is 0 Å². The van der Waals surface area contributed by atoms with Crippen molar-refractivity contribution in [2.75, 3.05) is 11.9 Å². The van der Waals surface area contributed by atoms with E-state index < -0.39 is 0 Å². The van der Waals surface area contributed by atoms with Crippen molar-refractivity contribution >= 4 is 17.5 Å². The van der Waals surface area contributed by atoms with Crippen molar-refractivity contribution in [2.24, 2.45) is 5.92 Å². The van der Waals surface area contributed by atoms with Crippen molar-refractivity contribution in [3.8, 4) is 0 Å². The molecule has 0 spiro atoms. The predicted molar refractivity (Wildman–Crippen MR) is 109 cm³/mol. The maximum atomic E-state index is 12.5. The lowest BCUT2D eigenvalue weighted by Gasteiger charge is -2.30. The molecule has 0 fully saturated rings. The largest absolute Gasteiger partial charge is 0.338 e. The maximum absolute atomic E-state index is 12.5. The van der Waals surface area contributed by atoms with Gasteiger partial charge in [-0.1, -0.05) is 45.4 Å². The number of hydrogen-bond acceptors (Lipinski definition) is 2. The molecular weight excluding hydrogens is 336 g/mol. The lowest BCUT2D eigenvalue weighted by molar-refractivity contribution is -0.135. The average Bonchev–Trinajstić information content (AvgIpc) is 2.67. The van der Waals surface area contributed by atoms with Crippen LogP contribution in [0.3, 0.4) is 0 Å². The van der Waals surface area contributed by atoms with Crippen molar-refractivity contribution < 1.29 is 9.59 Å². The van der Waals surface area contributed by atoms with Gasteiger partial charge in [-0.05, 0) is 53.8 Å². The molecule has 2 aromatic rings. The summed E-state index contributed by atoms with van der Waals surface area (Å²) in [7, 11) is 0. The maximum Gasteiger partial charge on any atom is 0.255 e. The molecule has 1 N–H and O–H groups in total. The Morgan fingerprint density at radius 2 is 1.81 bits per heavy atom. The third-order valence-electron chi connectivity index (χ3n) is 5.04. The van der Waals surface area contributed by atoms with E-state index in [0.29, 0.717) is 12.1 Å². The number of nitrogens with one attached hydrogen (secondary N) is 1. The van der Waals surface area contributed by atoms with E-state index in [0.717, 1.165) is 37.1 Å². The van der Waals surface area contributed by atoms with Gasteiger partial charge in [0.25, 0.3) is 5.91 Å². The first-order valence-electron chi connectivity index (χ1n) is 9.78. The first-order chi connectivity index (χ1) is 13.0. The van der Waals surface area contributed by atoms with Crippen LogP contribution < -0.4 is 5.32 Å². The minimum Gasteiger partial charge on any atom is -0.338 e. The monoisotopic (exact) mass is 364 g/mol. The molecule has 3 rings (SSSR count). The van der Waals surface area contributed by atoms with Gasteiger partial charge in [0.05, 0.1) is 0 Å². The molecule has 0 unspecified atom stereocenters. The molecule has 0 saturated carbocycles. The number of rotatable bonds is 5. The molecule has 27 heavy (non-hydrogen) atoms. The first kappa shape index (κ1) is 19.2. The topological polar surface area (TPSA) is 49.4 Å². The fourth-order valence-electron chi connectivity index (χ4n) is 3.50. The Morgan fingerprint density at radius 3 is 2.48 bits per heavy atom. The zero-order valence-electron chi connectivity index (χ0n) is 16.4. The third-order valence-corrected chi connectivity index (χ3v) is 5.04. The normalized spacial score (nSPS) is 13.4. The highest BCUT2D eigenvalue weighted by Gasteiger charge is 2.22. The Kier molecular flexibility index (Phi) is 5.94. The number of fused-ring (bicyclic) bond motifs is 1. The molecule has 2 amide bonds. The van der Waals surface area contributed by atoms with E-state index in [1.807, 2.05) is 55.1 Å². The second-order valence-electron chi connectivity index (χ2n) is 7.55. The molecule has 2 aromatic carbocycles. The van der Waals surface area contributed by atoms with Gasteiger partial charge in [-0.25, -0.2) is 0 Å². The summed E-state index contributed by atoms with van der Waals surface area (Å²) in [6.07, 6.45) is 2.98. The molecule has 0 aliphatic carbocycles. The molecule has 4 heteroatoms. The Morgan fingerprint density at radius 1 is 1.07 bits per heavy atom. The minimum absolute atomic E-state index is 0.00474. The van der Waals surface area contributed by atoms with Crippen LogP contribution in [-0.2, 0) is 24.2 Å². The Bertz CT molecular complexity index is 825. The van der Waals surface area contributed by atoms with Crippen LogP contribution in [0.4, 0.5) is 5.69 Å². The van der Waals surface area contributed by atoms with Gasteiger partial charge in [-0.15, -0.1) is 0 Å². The molecule has 0 saturated heterocycles. The van der Waals surface area contributed by atoms with E-state index in [9.17, 15) is 9.59 Å². The smallest absolute Gasteiger partial charge is 0.255 e. The molecular formula is C23H28N2O2. The molecule has 4 nitrogen and oxygen atoms in total. The van der Waals surface area contributed by atoms with Crippen LogP contribution in [0.25, 0.3) is 0 Å². The predicted octanol–water partition coefficient (Wildman–Crippen LogP) is 4.43. The highest BCUT2D eigenvalue weighted by atomic mass is 16.2. The molecule has 1 heterocycles. The number of aryl methyl sites for hydroxylation is 1. The summed E-state index contributed by atoms with van der Waals surface area (Å²) in [6.45, 7) is 7.38. The average molecular weight is 364 g/mol. The van der Waals surface area contributed by atoms with Crippen LogP contribution in [-0.4, -0.2) is 23.3 Å². The van der Waals surface area contributed by atoms with E-state index in [1.165, 1.54) is 11.1 Å². The number of hydrogen-bond donors (Lipinski definition) is 1. The van der Waals surface area contributed by atoms with Crippen LogP contribution in [0.2, 0.25) is 0 Å². The van der Waals surface area contributed by atoms with Crippen molar-refractivity contribution in [1.82, 2.24) is 4.90 Å². The minimum atomic E-state index is -0.107. The van der Waals surface area contributed by atoms with E-state index in [1.54, 1.807) is 0 Å². The molecule has 0 radical (unpaired) electrons. The van der Waals surface area contributed by atoms with E-state index in [-0.39, 0.29) is 17.7 Å². The molecule has 142 valence electrons. The van der Waals surface area contributed by atoms with Gasteiger partial charge in [0, 0.05) is 30.3 Å². The third kappa shape index (κ3) is 4.57. The van der Waals surface area contributed by atoms with Crippen molar-refractivity contribution in [1.29, 1.82) is 0 Å². The number of carbonyl (C=O) groups excluding carboxylic acids is 2. The second-order valence-corrected chi connectivity index (χ2v) is 7.55. The van der Waals surface area contributed by atoms with Gasteiger partial charge >= 0.3 is 0 Å². The molecule has 0 aromatic heterocycles. The fourth-order valence-corrected chi connectivity index (χ4v) is 3.50. The number of anilines is 1. The van der Waals surface area contributed by atoms with Crippen molar-refractivity contribution in [3.63, 3.8) is 0 Å². The summed E-state index contributed by atoms with van der Waals surface area (Å²) in [6, 6.07) is 13.8. The van der Waals surface area contributed by atoms with Crippen molar-refractivity contribution in [3.05, 3.63) is 64.7 Å². The Labute approximate surface area is 161 Å². The number of benzene rings is 2. The van der Waals surface area contributed by atoms with Crippen LogP contribution >= 0.6 is 0 Å². The summed E-state index contributed by atoms with van der Waals surface area (Å²) in [5.74, 6) is 0.0799. The van der Waals surface area contributed by atoms with Crippen molar-refractivity contribution in [2.45, 2.75) is 46.6 Å². The van der Waals surface area contributed by atoms with Gasteiger partial charge in [-0.3, -0.25) is 9.59 Å². The lowest BCUT2D eigenvalue weighted by atomic mass is 9.98. The van der Waals surface area contributed by atoms with Gasteiger partial charge in [0.2, 0.25) is 5.91 Å². The summed E-state index contributed by atoms with van der Waals surface area (Å²) in [5, 5.41) is 2.98. The first-order valence-corrected chi connectivity index (χ1v) is 9.78. The van der Waals surface area contributed by atoms with Crippen LogP contribution in [0.15, 0.2) is 42.5 Å². The molecule has 1 aliphatic rings. The van der Waals surface area contributed by atoms with Crippen LogP contribution in [0.5, 0.6) is 0 Å². The fraction of sp³-hybridized carbons (Fsp3) is 0.391. The van der Waals surface area contributed by atoms with Gasteiger partial charge in [0.15, 0.2) is 0 Å². The van der Waals surface area contributed by atoms with Crippen LogP contribution in [0, 0.1) is 5.92 Å². The van der Waals surface area contributed by atoms with E-state index >= 15 is 0 Å². The SMILES string of the molecule is CCCc1ccc(C(=O)Nc2ccc3c(c2)CN(C(=O)C(C)C)CC3)cc1. The number of amides is 2. The zero-order chi connectivity index (χ0) is 19.4. The summed E-state index contributed by atoms with van der Waals surface area (Å²) < 4.78 is 0. The molecule has 1 aliphatic heterocycles. The highest BCUT2D eigenvalue weighted by molar-refractivity contribution is 6.04. The summed E-state index contributed by atoms with van der Waals surface area (Å²) >= 11 is 0. The Hall–Kier alpha value is -2.62. The lowest BCUT2D eigenvalue weighted by Crippen LogP contribution is -2.38.